The highest BCUT2D eigenvalue weighted by Crippen LogP contribution is 2.49. The first-order valence-corrected chi connectivity index (χ1v) is 6.06. The summed E-state index contributed by atoms with van der Waals surface area (Å²) in [4.78, 5) is 0. The lowest BCUT2D eigenvalue weighted by Crippen LogP contribution is -2.42. The lowest BCUT2D eigenvalue weighted by Gasteiger charge is -2.37. The molecular formula is C13H17ClF2N2. The molecule has 0 amide bonds. The van der Waals surface area contributed by atoms with Gasteiger partial charge >= 0.3 is 0 Å². The normalized spacial score (nSPS) is 24.7. The van der Waals surface area contributed by atoms with Crippen molar-refractivity contribution in [1.29, 1.82) is 0 Å². The molecule has 1 atom stereocenters. The summed E-state index contributed by atoms with van der Waals surface area (Å²) >= 11 is 0. The molecular weight excluding hydrogens is 258 g/mol. The van der Waals surface area contributed by atoms with E-state index in [4.69, 9.17) is 5.73 Å². The van der Waals surface area contributed by atoms with Crippen molar-refractivity contribution < 1.29 is 8.78 Å². The monoisotopic (exact) mass is 274 g/mol. The maximum Gasteiger partial charge on any atom is 0.159 e. The third-order valence-electron chi connectivity index (χ3n) is 4.32. The summed E-state index contributed by atoms with van der Waals surface area (Å²) in [5.41, 5.74) is 7.95. The van der Waals surface area contributed by atoms with E-state index < -0.39 is 11.6 Å². The minimum absolute atomic E-state index is 0. The van der Waals surface area contributed by atoms with Crippen LogP contribution in [0, 0.1) is 17.0 Å². The second-order valence-electron chi connectivity index (χ2n) is 5.23. The Labute approximate surface area is 111 Å². The van der Waals surface area contributed by atoms with Gasteiger partial charge in [-0.15, -0.1) is 12.4 Å². The molecule has 1 heterocycles. The van der Waals surface area contributed by atoms with Crippen molar-refractivity contribution in [3.8, 4) is 0 Å². The highest BCUT2D eigenvalue weighted by Gasteiger charge is 2.45. The van der Waals surface area contributed by atoms with Crippen LogP contribution in [-0.4, -0.2) is 13.1 Å². The maximum absolute atomic E-state index is 13.3. The van der Waals surface area contributed by atoms with Gasteiger partial charge in [-0.25, -0.2) is 8.78 Å². The Balaban J connectivity index is 0.00000120. The maximum atomic E-state index is 13.3. The van der Waals surface area contributed by atoms with Crippen LogP contribution in [0.3, 0.4) is 0 Å². The summed E-state index contributed by atoms with van der Waals surface area (Å²) in [6.45, 7) is 1.87. The zero-order valence-corrected chi connectivity index (χ0v) is 10.8. The van der Waals surface area contributed by atoms with Crippen LogP contribution in [0.5, 0.6) is 0 Å². The number of hydrogen-bond acceptors (Lipinski definition) is 2. The molecule has 1 aromatic carbocycles. The van der Waals surface area contributed by atoms with E-state index in [1.165, 1.54) is 12.1 Å². The predicted octanol–water partition coefficient (Wildman–Crippen LogP) is 2.31. The SMILES string of the molecule is Cl.N[C@@H]1c2cc(F)c(F)cc2CC12CCNCC2. The van der Waals surface area contributed by atoms with Gasteiger partial charge in [-0.3, -0.25) is 0 Å². The zero-order chi connectivity index (χ0) is 12.0. The Hall–Kier alpha value is -0.710. The number of piperidine rings is 1. The van der Waals surface area contributed by atoms with Gasteiger partial charge in [-0.2, -0.15) is 0 Å². The van der Waals surface area contributed by atoms with Crippen molar-refractivity contribution in [2.75, 3.05) is 13.1 Å². The molecule has 3 rings (SSSR count). The van der Waals surface area contributed by atoms with E-state index in [0.717, 1.165) is 43.5 Å². The first-order valence-electron chi connectivity index (χ1n) is 6.06. The lowest BCUT2D eigenvalue weighted by molar-refractivity contribution is 0.174. The number of nitrogens with one attached hydrogen (secondary N) is 1. The van der Waals surface area contributed by atoms with Crippen LogP contribution in [0.4, 0.5) is 8.78 Å². The molecule has 0 aromatic heterocycles. The molecule has 2 aliphatic rings. The molecule has 0 unspecified atom stereocenters. The van der Waals surface area contributed by atoms with Crippen LogP contribution < -0.4 is 11.1 Å². The van der Waals surface area contributed by atoms with E-state index in [1.807, 2.05) is 0 Å². The van der Waals surface area contributed by atoms with Gasteiger partial charge in [0.2, 0.25) is 0 Å². The van der Waals surface area contributed by atoms with E-state index in [2.05, 4.69) is 5.32 Å². The van der Waals surface area contributed by atoms with Gasteiger partial charge in [0.05, 0.1) is 0 Å². The van der Waals surface area contributed by atoms with E-state index >= 15 is 0 Å². The van der Waals surface area contributed by atoms with Gasteiger partial charge in [0.25, 0.3) is 0 Å². The summed E-state index contributed by atoms with van der Waals surface area (Å²) in [7, 11) is 0. The van der Waals surface area contributed by atoms with Crippen LogP contribution >= 0.6 is 12.4 Å². The molecule has 1 saturated heterocycles. The molecule has 1 aliphatic heterocycles. The first kappa shape index (κ1) is 13.7. The minimum Gasteiger partial charge on any atom is -0.323 e. The fourth-order valence-corrected chi connectivity index (χ4v) is 3.28. The Morgan fingerprint density at radius 3 is 2.44 bits per heavy atom. The number of rotatable bonds is 0. The summed E-state index contributed by atoms with van der Waals surface area (Å²) in [5.74, 6) is -1.55. The lowest BCUT2D eigenvalue weighted by atomic mass is 9.73. The average molecular weight is 275 g/mol. The third-order valence-corrected chi connectivity index (χ3v) is 4.32. The summed E-state index contributed by atoms with van der Waals surface area (Å²) in [6, 6.07) is 2.45. The van der Waals surface area contributed by atoms with Crippen LogP contribution in [-0.2, 0) is 6.42 Å². The molecule has 18 heavy (non-hydrogen) atoms. The smallest absolute Gasteiger partial charge is 0.159 e. The second-order valence-corrected chi connectivity index (χ2v) is 5.23. The number of hydrogen-bond donors (Lipinski definition) is 2. The van der Waals surface area contributed by atoms with Gasteiger partial charge < -0.3 is 11.1 Å². The third kappa shape index (κ3) is 1.92. The fraction of sp³-hybridized carbons (Fsp3) is 0.538. The van der Waals surface area contributed by atoms with Gasteiger partial charge in [0.15, 0.2) is 11.6 Å². The topological polar surface area (TPSA) is 38.0 Å². The average Bonchev–Trinajstić information content (AvgIpc) is 2.56. The number of nitrogens with two attached hydrogens (primary N) is 1. The van der Waals surface area contributed by atoms with Gasteiger partial charge in [-0.1, -0.05) is 0 Å². The second kappa shape index (κ2) is 4.76. The van der Waals surface area contributed by atoms with Crippen LogP contribution in [0.2, 0.25) is 0 Å². The quantitative estimate of drug-likeness (QED) is 0.762. The molecule has 5 heteroatoms. The van der Waals surface area contributed by atoms with Gasteiger partial charge in [0, 0.05) is 6.04 Å². The Kier molecular flexibility index (Phi) is 3.63. The van der Waals surface area contributed by atoms with E-state index in [1.54, 1.807) is 0 Å². The molecule has 1 aromatic rings. The van der Waals surface area contributed by atoms with Crippen LogP contribution in [0.25, 0.3) is 0 Å². The van der Waals surface area contributed by atoms with Crippen molar-refractivity contribution >= 4 is 12.4 Å². The first-order chi connectivity index (χ1) is 8.12. The standard InChI is InChI=1S/C13H16F2N2.ClH/c14-10-5-8-7-13(1-3-17-4-2-13)12(16)9(8)6-11(10)15;/h5-6,12,17H,1-4,7,16H2;1H/t12-;/m1./s1. The van der Waals surface area contributed by atoms with Crippen molar-refractivity contribution in [3.63, 3.8) is 0 Å². The van der Waals surface area contributed by atoms with Crippen molar-refractivity contribution in [2.45, 2.75) is 25.3 Å². The minimum atomic E-state index is -0.787. The largest absolute Gasteiger partial charge is 0.323 e. The molecule has 1 aliphatic carbocycles. The van der Waals surface area contributed by atoms with Crippen molar-refractivity contribution in [1.82, 2.24) is 5.32 Å². The molecule has 2 nitrogen and oxygen atoms in total. The Morgan fingerprint density at radius 2 is 1.78 bits per heavy atom. The molecule has 0 bridgehead atoms. The highest BCUT2D eigenvalue weighted by molar-refractivity contribution is 5.85. The van der Waals surface area contributed by atoms with Crippen LogP contribution in [0.15, 0.2) is 12.1 Å². The molecule has 100 valence electrons. The Morgan fingerprint density at radius 1 is 1.17 bits per heavy atom. The van der Waals surface area contributed by atoms with E-state index in [0.29, 0.717) is 0 Å². The zero-order valence-electron chi connectivity index (χ0n) is 10.0. The highest BCUT2D eigenvalue weighted by atomic mass is 35.5. The number of benzene rings is 1. The molecule has 3 N–H and O–H groups in total. The summed E-state index contributed by atoms with van der Waals surface area (Å²) in [5, 5.41) is 3.30. The summed E-state index contributed by atoms with van der Waals surface area (Å²) < 4.78 is 26.5. The Bertz CT molecular complexity index is 459. The van der Waals surface area contributed by atoms with Gasteiger partial charge in [0.1, 0.15) is 0 Å². The predicted molar refractivity (Wildman–Crippen MR) is 68.8 cm³/mol. The molecule has 1 spiro atoms. The van der Waals surface area contributed by atoms with E-state index in [9.17, 15) is 8.78 Å². The number of fused-ring (bicyclic) bond motifs is 1. The molecule has 1 fully saturated rings. The summed E-state index contributed by atoms with van der Waals surface area (Å²) in [6.07, 6.45) is 2.74. The van der Waals surface area contributed by atoms with Crippen molar-refractivity contribution in [3.05, 3.63) is 34.9 Å². The van der Waals surface area contributed by atoms with Crippen molar-refractivity contribution in [2.24, 2.45) is 11.1 Å². The van der Waals surface area contributed by atoms with E-state index in [-0.39, 0.29) is 23.9 Å². The fourth-order valence-electron chi connectivity index (χ4n) is 3.28. The number of halogens is 3. The molecule has 0 radical (unpaired) electrons. The molecule has 0 saturated carbocycles. The van der Waals surface area contributed by atoms with Crippen LogP contribution in [0.1, 0.15) is 30.0 Å². The van der Waals surface area contributed by atoms with Gasteiger partial charge in [-0.05, 0) is 61.0 Å².